The Hall–Kier alpha value is -3.48. The quantitative estimate of drug-likeness (QED) is 0.335. The van der Waals surface area contributed by atoms with Crippen LogP contribution in [0.1, 0.15) is 30.5 Å². The lowest BCUT2D eigenvalue weighted by atomic mass is 10.1. The molecule has 0 bridgehead atoms. The van der Waals surface area contributed by atoms with Crippen LogP contribution in [0.5, 0.6) is 5.75 Å². The van der Waals surface area contributed by atoms with Gasteiger partial charge in [0.2, 0.25) is 5.90 Å². The first-order valence-corrected chi connectivity index (χ1v) is 8.55. The molecule has 0 amide bonds. The number of nitrogens with zero attached hydrogens (tertiary/aromatic N) is 2. The highest BCUT2D eigenvalue weighted by molar-refractivity contribution is 6.12. The highest BCUT2D eigenvalue weighted by Crippen LogP contribution is 2.25. The summed E-state index contributed by atoms with van der Waals surface area (Å²) >= 11 is 0. The number of hydrogen-bond donors (Lipinski definition) is 0. The van der Waals surface area contributed by atoms with Crippen LogP contribution in [-0.2, 0) is 16.0 Å². The fraction of sp³-hybridized carbons (Fsp3) is 0.200. The smallest absolute Gasteiger partial charge is 0.363 e. The second kappa shape index (κ2) is 7.82. The topological polar surface area (TPSA) is 91.0 Å². The van der Waals surface area contributed by atoms with E-state index in [1.807, 2.05) is 13.8 Å². The van der Waals surface area contributed by atoms with Gasteiger partial charge in [-0.2, -0.15) is 0 Å². The molecule has 0 aliphatic carbocycles. The van der Waals surface area contributed by atoms with Crippen molar-refractivity contribution in [1.82, 2.24) is 0 Å². The molecule has 2 aromatic rings. The average Bonchev–Trinajstić information content (AvgIpc) is 3.03. The highest BCUT2D eigenvalue weighted by Gasteiger charge is 2.24. The Morgan fingerprint density at radius 3 is 2.56 bits per heavy atom. The van der Waals surface area contributed by atoms with E-state index >= 15 is 0 Å². The van der Waals surface area contributed by atoms with Gasteiger partial charge in [0.15, 0.2) is 5.70 Å². The SMILES string of the molecule is CCOc1ccc(C2=N/C(=C\c3ccc(CC)c([N+](=O)[O-])c3)C(=O)O2)cc1. The van der Waals surface area contributed by atoms with Gasteiger partial charge in [0, 0.05) is 17.2 Å². The summed E-state index contributed by atoms with van der Waals surface area (Å²) < 4.78 is 10.6. The van der Waals surface area contributed by atoms with Gasteiger partial charge < -0.3 is 9.47 Å². The number of carbonyl (C=O) groups is 1. The number of ether oxygens (including phenoxy) is 2. The molecule has 0 spiro atoms. The molecule has 7 nitrogen and oxygen atoms in total. The number of carbonyl (C=O) groups excluding carboxylic acids is 1. The van der Waals surface area contributed by atoms with Crippen molar-refractivity contribution < 1.29 is 19.2 Å². The summed E-state index contributed by atoms with van der Waals surface area (Å²) in [7, 11) is 0. The molecule has 27 heavy (non-hydrogen) atoms. The lowest BCUT2D eigenvalue weighted by molar-refractivity contribution is -0.385. The largest absolute Gasteiger partial charge is 0.494 e. The number of aliphatic imine (C=N–C) groups is 1. The van der Waals surface area contributed by atoms with E-state index < -0.39 is 10.9 Å². The molecule has 3 rings (SSSR count). The number of cyclic esters (lactones) is 1. The number of nitro benzene ring substituents is 1. The van der Waals surface area contributed by atoms with Gasteiger partial charge in [-0.1, -0.05) is 19.1 Å². The molecule has 0 fully saturated rings. The minimum absolute atomic E-state index is 0.0222. The zero-order valence-corrected chi connectivity index (χ0v) is 15.0. The number of esters is 1. The van der Waals surface area contributed by atoms with Crippen LogP contribution in [0.4, 0.5) is 5.69 Å². The maximum absolute atomic E-state index is 12.1. The van der Waals surface area contributed by atoms with E-state index in [2.05, 4.69) is 4.99 Å². The van der Waals surface area contributed by atoms with Crippen molar-refractivity contribution >= 4 is 23.6 Å². The maximum atomic E-state index is 12.1. The number of aryl methyl sites for hydroxylation is 1. The molecule has 0 aromatic heterocycles. The van der Waals surface area contributed by atoms with E-state index in [1.165, 1.54) is 12.1 Å². The molecular formula is C20H18N2O5. The number of nitro groups is 1. The Morgan fingerprint density at radius 1 is 1.19 bits per heavy atom. The predicted molar refractivity (Wildman–Crippen MR) is 101 cm³/mol. The lowest BCUT2D eigenvalue weighted by Gasteiger charge is -2.03. The van der Waals surface area contributed by atoms with E-state index in [4.69, 9.17) is 9.47 Å². The Bertz CT molecular complexity index is 945. The summed E-state index contributed by atoms with van der Waals surface area (Å²) in [5.41, 5.74) is 1.91. The van der Waals surface area contributed by atoms with E-state index in [0.29, 0.717) is 35.5 Å². The standard InChI is InChI=1S/C20H18N2O5/c1-3-14-6-5-13(12-18(14)22(24)25)11-17-20(23)27-19(21-17)15-7-9-16(10-8-15)26-4-2/h5-12H,3-4H2,1-2H3/b17-11-. The first-order chi connectivity index (χ1) is 13.0. The molecule has 0 N–H and O–H groups in total. The molecular weight excluding hydrogens is 348 g/mol. The number of rotatable bonds is 6. The molecule has 1 heterocycles. The molecule has 0 atom stereocenters. The lowest BCUT2D eigenvalue weighted by Crippen LogP contribution is -2.05. The molecule has 1 aliphatic heterocycles. The van der Waals surface area contributed by atoms with Crippen molar-refractivity contribution in [3.8, 4) is 5.75 Å². The maximum Gasteiger partial charge on any atom is 0.363 e. The van der Waals surface area contributed by atoms with Gasteiger partial charge in [0.1, 0.15) is 5.75 Å². The molecule has 138 valence electrons. The van der Waals surface area contributed by atoms with Gasteiger partial charge in [-0.25, -0.2) is 9.79 Å². The third kappa shape index (κ3) is 4.03. The third-order valence-corrected chi connectivity index (χ3v) is 4.02. The van der Waals surface area contributed by atoms with Gasteiger partial charge >= 0.3 is 5.97 Å². The monoisotopic (exact) mass is 366 g/mol. The third-order valence-electron chi connectivity index (χ3n) is 4.02. The summed E-state index contributed by atoms with van der Waals surface area (Å²) in [6.07, 6.45) is 2.03. The van der Waals surface area contributed by atoms with Crippen LogP contribution >= 0.6 is 0 Å². The van der Waals surface area contributed by atoms with Crippen LogP contribution in [-0.4, -0.2) is 23.4 Å². The molecule has 2 aromatic carbocycles. The minimum atomic E-state index is -0.596. The predicted octanol–water partition coefficient (Wildman–Crippen LogP) is 3.90. The Morgan fingerprint density at radius 2 is 1.93 bits per heavy atom. The molecule has 0 saturated heterocycles. The van der Waals surface area contributed by atoms with E-state index in [9.17, 15) is 14.9 Å². The van der Waals surface area contributed by atoms with Crippen LogP contribution in [0.2, 0.25) is 0 Å². The summed E-state index contributed by atoms with van der Waals surface area (Å²) in [6, 6.07) is 11.9. The van der Waals surface area contributed by atoms with Gasteiger partial charge in [0.05, 0.1) is 11.5 Å². The average molecular weight is 366 g/mol. The fourth-order valence-corrected chi connectivity index (χ4v) is 2.69. The van der Waals surface area contributed by atoms with Crippen molar-refractivity contribution in [2.45, 2.75) is 20.3 Å². The molecule has 0 saturated carbocycles. The van der Waals surface area contributed by atoms with E-state index in [1.54, 1.807) is 36.4 Å². The van der Waals surface area contributed by atoms with Crippen molar-refractivity contribution in [2.24, 2.45) is 4.99 Å². The van der Waals surface area contributed by atoms with Crippen LogP contribution in [0.15, 0.2) is 53.2 Å². The van der Waals surface area contributed by atoms with E-state index in [0.717, 1.165) is 0 Å². The molecule has 7 heteroatoms. The Labute approximate surface area is 156 Å². The van der Waals surface area contributed by atoms with Gasteiger partial charge in [-0.05, 0) is 49.2 Å². The van der Waals surface area contributed by atoms with Gasteiger partial charge in [0.25, 0.3) is 5.69 Å². The van der Waals surface area contributed by atoms with Crippen LogP contribution < -0.4 is 4.74 Å². The van der Waals surface area contributed by atoms with Crippen LogP contribution in [0, 0.1) is 10.1 Å². The van der Waals surface area contributed by atoms with Crippen LogP contribution in [0.3, 0.4) is 0 Å². The zero-order valence-electron chi connectivity index (χ0n) is 15.0. The van der Waals surface area contributed by atoms with Gasteiger partial charge in [-0.3, -0.25) is 10.1 Å². The van der Waals surface area contributed by atoms with Crippen molar-refractivity contribution in [2.75, 3.05) is 6.61 Å². The van der Waals surface area contributed by atoms with Gasteiger partial charge in [-0.15, -0.1) is 0 Å². The minimum Gasteiger partial charge on any atom is -0.494 e. The fourth-order valence-electron chi connectivity index (χ4n) is 2.69. The second-order valence-corrected chi connectivity index (χ2v) is 5.79. The summed E-state index contributed by atoms with van der Waals surface area (Å²) in [6.45, 7) is 4.30. The zero-order chi connectivity index (χ0) is 19.4. The first-order valence-electron chi connectivity index (χ1n) is 8.55. The summed E-state index contributed by atoms with van der Waals surface area (Å²) in [5, 5.41) is 11.2. The van der Waals surface area contributed by atoms with E-state index in [-0.39, 0.29) is 17.3 Å². The van der Waals surface area contributed by atoms with Crippen molar-refractivity contribution in [3.63, 3.8) is 0 Å². The molecule has 0 unspecified atom stereocenters. The van der Waals surface area contributed by atoms with Crippen LogP contribution in [0.25, 0.3) is 6.08 Å². The molecule has 1 aliphatic rings. The first kappa shape index (κ1) is 18.3. The number of hydrogen-bond acceptors (Lipinski definition) is 6. The highest BCUT2D eigenvalue weighted by atomic mass is 16.6. The molecule has 0 radical (unpaired) electrons. The summed E-state index contributed by atoms with van der Waals surface area (Å²) in [5.74, 6) is 0.306. The normalized spacial score (nSPS) is 14.8. The summed E-state index contributed by atoms with van der Waals surface area (Å²) in [4.78, 5) is 27.1. The Kier molecular flexibility index (Phi) is 5.30. The van der Waals surface area contributed by atoms with Crippen molar-refractivity contribution in [1.29, 1.82) is 0 Å². The van der Waals surface area contributed by atoms with Crippen molar-refractivity contribution in [3.05, 3.63) is 75.0 Å². The Balaban J connectivity index is 1.89. The number of benzene rings is 2. The second-order valence-electron chi connectivity index (χ2n) is 5.79.